The largest absolute Gasteiger partial charge is 0.396 e. The molecule has 3 nitrogen and oxygen atoms in total. The molecule has 4 N–H and O–H groups in total. The van der Waals surface area contributed by atoms with Crippen molar-refractivity contribution in [2.75, 3.05) is 16.8 Å². The first-order valence-electron chi connectivity index (χ1n) is 5.60. The summed E-state index contributed by atoms with van der Waals surface area (Å²) in [4.78, 5) is 4.32. The molecule has 2 aromatic rings. The minimum absolute atomic E-state index is 0.541. The molecule has 17 heavy (non-hydrogen) atoms. The van der Waals surface area contributed by atoms with E-state index < -0.39 is 0 Å². The number of hydrogen-bond donors (Lipinski definition) is 2. The van der Waals surface area contributed by atoms with Gasteiger partial charge < -0.3 is 11.5 Å². The molecule has 2 rings (SSSR count). The number of nitrogens with zero attached hydrogens (tertiary/aromatic N) is 1. The minimum atomic E-state index is 0.541. The van der Waals surface area contributed by atoms with E-state index in [1.807, 2.05) is 6.07 Å². The highest BCUT2D eigenvalue weighted by molar-refractivity contribution is 9.09. The van der Waals surface area contributed by atoms with E-state index in [1.54, 1.807) is 6.20 Å². The Morgan fingerprint density at radius 3 is 2.82 bits per heavy atom. The van der Waals surface area contributed by atoms with Gasteiger partial charge in [-0.15, -0.1) is 0 Å². The van der Waals surface area contributed by atoms with Gasteiger partial charge in [0.2, 0.25) is 0 Å². The SMILES string of the molecule is CC(CBr)Cc1ccc2c(N)c(N)cnc2c1. The van der Waals surface area contributed by atoms with Crippen LogP contribution in [0.3, 0.4) is 0 Å². The molecular weight excluding hydrogens is 278 g/mol. The van der Waals surface area contributed by atoms with Crippen molar-refractivity contribution in [3.8, 4) is 0 Å². The zero-order valence-electron chi connectivity index (χ0n) is 9.78. The van der Waals surface area contributed by atoms with E-state index in [0.29, 0.717) is 17.3 Å². The summed E-state index contributed by atoms with van der Waals surface area (Å²) >= 11 is 3.49. The quantitative estimate of drug-likeness (QED) is 0.855. The van der Waals surface area contributed by atoms with Crippen LogP contribution in [0.1, 0.15) is 12.5 Å². The van der Waals surface area contributed by atoms with Gasteiger partial charge in [0.1, 0.15) is 0 Å². The van der Waals surface area contributed by atoms with E-state index in [4.69, 9.17) is 11.5 Å². The first-order valence-corrected chi connectivity index (χ1v) is 6.72. The highest BCUT2D eigenvalue weighted by atomic mass is 79.9. The lowest BCUT2D eigenvalue weighted by Crippen LogP contribution is -2.01. The molecule has 4 heteroatoms. The van der Waals surface area contributed by atoms with Crippen LogP contribution in [0, 0.1) is 5.92 Å². The van der Waals surface area contributed by atoms with E-state index in [0.717, 1.165) is 22.7 Å². The second-order valence-electron chi connectivity index (χ2n) is 4.44. The zero-order valence-corrected chi connectivity index (χ0v) is 11.4. The Morgan fingerprint density at radius 1 is 1.35 bits per heavy atom. The third kappa shape index (κ3) is 2.52. The van der Waals surface area contributed by atoms with Gasteiger partial charge in [0.05, 0.1) is 23.1 Å². The van der Waals surface area contributed by atoms with Gasteiger partial charge in [-0.05, 0) is 24.0 Å². The van der Waals surface area contributed by atoms with E-state index in [9.17, 15) is 0 Å². The Labute approximate surface area is 109 Å². The van der Waals surface area contributed by atoms with Crippen LogP contribution in [-0.4, -0.2) is 10.3 Å². The topological polar surface area (TPSA) is 64.9 Å². The Hall–Kier alpha value is -1.29. The number of anilines is 2. The van der Waals surface area contributed by atoms with Gasteiger partial charge in [-0.1, -0.05) is 35.0 Å². The molecule has 0 fully saturated rings. The molecule has 1 atom stereocenters. The number of benzene rings is 1. The molecule has 1 aromatic heterocycles. The van der Waals surface area contributed by atoms with Crippen molar-refractivity contribution in [2.24, 2.45) is 5.92 Å². The maximum Gasteiger partial charge on any atom is 0.0740 e. The summed E-state index contributed by atoms with van der Waals surface area (Å²) < 4.78 is 0. The number of nitrogen functional groups attached to an aromatic ring is 2. The molecule has 1 aromatic carbocycles. The lowest BCUT2D eigenvalue weighted by Gasteiger charge is -2.09. The number of aromatic nitrogens is 1. The molecule has 0 radical (unpaired) electrons. The van der Waals surface area contributed by atoms with Crippen molar-refractivity contribution in [1.82, 2.24) is 4.98 Å². The predicted octanol–water partition coefficient (Wildman–Crippen LogP) is 2.97. The summed E-state index contributed by atoms with van der Waals surface area (Å²) in [6.07, 6.45) is 2.66. The Kier molecular flexibility index (Phi) is 3.52. The van der Waals surface area contributed by atoms with Crippen LogP contribution in [-0.2, 0) is 6.42 Å². The Bertz CT molecular complexity index is 539. The standard InChI is InChI=1S/C13H16BrN3/c1-8(6-14)4-9-2-3-10-12(5-9)17-7-11(15)13(10)16/h2-3,5,7-8H,4,6,15H2,1H3,(H2,16,17). The van der Waals surface area contributed by atoms with Crippen LogP contribution in [0.15, 0.2) is 24.4 Å². The fourth-order valence-corrected chi connectivity index (χ4v) is 2.09. The molecule has 0 aliphatic carbocycles. The molecular formula is C13H16BrN3. The molecule has 0 aliphatic rings. The van der Waals surface area contributed by atoms with Gasteiger partial charge in [0.15, 0.2) is 0 Å². The predicted molar refractivity (Wildman–Crippen MR) is 77.2 cm³/mol. The van der Waals surface area contributed by atoms with E-state index in [1.165, 1.54) is 5.56 Å². The number of fused-ring (bicyclic) bond motifs is 1. The fourth-order valence-electron chi connectivity index (χ4n) is 1.86. The lowest BCUT2D eigenvalue weighted by atomic mass is 10.0. The summed E-state index contributed by atoms with van der Waals surface area (Å²) in [5.74, 6) is 0.610. The Morgan fingerprint density at radius 2 is 2.12 bits per heavy atom. The number of halogens is 1. The minimum Gasteiger partial charge on any atom is -0.396 e. The third-order valence-corrected chi connectivity index (χ3v) is 3.96. The second-order valence-corrected chi connectivity index (χ2v) is 5.09. The highest BCUT2D eigenvalue weighted by Crippen LogP contribution is 2.26. The van der Waals surface area contributed by atoms with Crippen LogP contribution in [0.25, 0.3) is 10.9 Å². The van der Waals surface area contributed by atoms with E-state index in [-0.39, 0.29) is 0 Å². The normalized spacial score (nSPS) is 12.8. The molecule has 1 unspecified atom stereocenters. The van der Waals surface area contributed by atoms with Crippen LogP contribution >= 0.6 is 15.9 Å². The van der Waals surface area contributed by atoms with Crippen molar-refractivity contribution in [2.45, 2.75) is 13.3 Å². The summed E-state index contributed by atoms with van der Waals surface area (Å²) in [6, 6.07) is 6.19. The molecule has 90 valence electrons. The Balaban J connectivity index is 2.42. The summed E-state index contributed by atoms with van der Waals surface area (Å²) in [7, 11) is 0. The lowest BCUT2D eigenvalue weighted by molar-refractivity contribution is 0.664. The first kappa shape index (κ1) is 12.2. The van der Waals surface area contributed by atoms with E-state index >= 15 is 0 Å². The van der Waals surface area contributed by atoms with Crippen LogP contribution < -0.4 is 11.5 Å². The third-order valence-electron chi connectivity index (χ3n) is 2.85. The van der Waals surface area contributed by atoms with Crippen LogP contribution in [0.2, 0.25) is 0 Å². The summed E-state index contributed by atoms with van der Waals surface area (Å²) in [5, 5.41) is 1.93. The van der Waals surface area contributed by atoms with Gasteiger partial charge >= 0.3 is 0 Å². The molecule has 0 saturated carbocycles. The van der Waals surface area contributed by atoms with Crippen LogP contribution in [0.5, 0.6) is 0 Å². The number of alkyl halides is 1. The smallest absolute Gasteiger partial charge is 0.0740 e. The van der Waals surface area contributed by atoms with Crippen molar-refractivity contribution < 1.29 is 0 Å². The van der Waals surface area contributed by atoms with Crippen molar-refractivity contribution >= 4 is 38.2 Å². The maximum atomic E-state index is 5.92. The second kappa shape index (κ2) is 4.92. The number of rotatable bonds is 3. The van der Waals surface area contributed by atoms with Crippen LogP contribution in [0.4, 0.5) is 11.4 Å². The van der Waals surface area contributed by atoms with Crippen molar-refractivity contribution in [3.05, 3.63) is 30.0 Å². The van der Waals surface area contributed by atoms with Gasteiger partial charge in [-0.25, -0.2) is 0 Å². The molecule has 0 bridgehead atoms. The van der Waals surface area contributed by atoms with Gasteiger partial charge in [0.25, 0.3) is 0 Å². The monoisotopic (exact) mass is 293 g/mol. The molecule has 1 heterocycles. The number of nitrogens with two attached hydrogens (primary N) is 2. The zero-order chi connectivity index (χ0) is 12.4. The maximum absolute atomic E-state index is 5.92. The highest BCUT2D eigenvalue weighted by Gasteiger charge is 2.06. The summed E-state index contributed by atoms with van der Waals surface area (Å²) in [6.45, 7) is 2.21. The van der Waals surface area contributed by atoms with Gasteiger partial charge in [0, 0.05) is 10.7 Å². The van der Waals surface area contributed by atoms with Crippen molar-refractivity contribution in [3.63, 3.8) is 0 Å². The van der Waals surface area contributed by atoms with Crippen molar-refractivity contribution in [1.29, 1.82) is 0 Å². The molecule has 0 amide bonds. The molecule has 0 spiro atoms. The summed E-state index contributed by atoms with van der Waals surface area (Å²) in [5.41, 5.74) is 15.0. The average molecular weight is 294 g/mol. The molecule has 0 aliphatic heterocycles. The first-order chi connectivity index (χ1) is 8.11. The van der Waals surface area contributed by atoms with Gasteiger partial charge in [-0.2, -0.15) is 0 Å². The average Bonchev–Trinajstić information content (AvgIpc) is 2.34. The number of pyridine rings is 1. The molecule has 0 saturated heterocycles. The van der Waals surface area contributed by atoms with E-state index in [2.05, 4.69) is 40.0 Å². The number of hydrogen-bond acceptors (Lipinski definition) is 3. The fraction of sp³-hybridized carbons (Fsp3) is 0.308. The van der Waals surface area contributed by atoms with Gasteiger partial charge in [-0.3, -0.25) is 4.98 Å².